The number of carbonyl (C=O) groups is 1. The fraction of sp³-hybridized carbons (Fsp3) is 0.375. The summed E-state index contributed by atoms with van der Waals surface area (Å²) in [5.74, 6) is 0.472. The maximum Gasteiger partial charge on any atom is 0.356 e. The Hall–Kier alpha value is -1.82. The second-order valence-electron chi connectivity index (χ2n) is 5.60. The van der Waals surface area contributed by atoms with Gasteiger partial charge in [0.2, 0.25) is 0 Å². The number of aryl methyl sites for hydroxylation is 1. The maximum atomic E-state index is 11.0. The Morgan fingerprint density at radius 3 is 2.77 bits per heavy atom. The fourth-order valence-corrected chi connectivity index (χ4v) is 2.98. The van der Waals surface area contributed by atoms with Crippen LogP contribution in [0.15, 0.2) is 28.7 Å². The summed E-state index contributed by atoms with van der Waals surface area (Å²) in [6.45, 7) is 0.757. The van der Waals surface area contributed by atoms with Crippen LogP contribution in [0.1, 0.15) is 29.8 Å². The summed E-state index contributed by atoms with van der Waals surface area (Å²) < 4.78 is 8.27. The van der Waals surface area contributed by atoms with Gasteiger partial charge in [0.05, 0.1) is 16.8 Å². The molecular formula is C16H17BrN2O3. The van der Waals surface area contributed by atoms with Crippen LogP contribution in [0.4, 0.5) is 0 Å². The predicted octanol–water partition coefficient (Wildman–Crippen LogP) is 3.73. The average Bonchev–Trinajstić information content (AvgIpc) is 2.81. The number of benzene rings is 1. The fourth-order valence-electron chi connectivity index (χ4n) is 2.49. The summed E-state index contributed by atoms with van der Waals surface area (Å²) in [7, 11) is 1.73. The Kier molecular flexibility index (Phi) is 4.20. The van der Waals surface area contributed by atoms with Crippen molar-refractivity contribution in [1.82, 2.24) is 9.78 Å². The zero-order valence-electron chi connectivity index (χ0n) is 12.3. The van der Waals surface area contributed by atoms with Crippen LogP contribution >= 0.6 is 15.9 Å². The second-order valence-corrected chi connectivity index (χ2v) is 6.45. The Morgan fingerprint density at radius 2 is 2.23 bits per heavy atom. The molecule has 0 saturated heterocycles. The second kappa shape index (κ2) is 6.12. The first kappa shape index (κ1) is 15.1. The Bertz CT molecular complexity index is 707. The number of aromatic nitrogens is 2. The van der Waals surface area contributed by atoms with Gasteiger partial charge in [0.1, 0.15) is 5.75 Å². The van der Waals surface area contributed by atoms with Crippen LogP contribution in [0.3, 0.4) is 0 Å². The lowest BCUT2D eigenvalue weighted by Gasteiger charge is -2.25. The van der Waals surface area contributed by atoms with Gasteiger partial charge in [-0.1, -0.05) is 6.42 Å². The molecule has 1 aliphatic carbocycles. The van der Waals surface area contributed by atoms with E-state index >= 15 is 0 Å². The van der Waals surface area contributed by atoms with E-state index in [9.17, 15) is 4.79 Å². The molecule has 3 rings (SSSR count). The van der Waals surface area contributed by atoms with Gasteiger partial charge in [0.25, 0.3) is 0 Å². The summed E-state index contributed by atoms with van der Waals surface area (Å²) >= 11 is 3.52. The van der Waals surface area contributed by atoms with Crippen LogP contribution in [0.5, 0.6) is 5.75 Å². The minimum atomic E-state index is -1.03. The molecule has 1 saturated carbocycles. The van der Waals surface area contributed by atoms with Gasteiger partial charge in [-0.2, -0.15) is 5.10 Å². The normalized spacial score (nSPS) is 14.6. The lowest BCUT2D eigenvalue weighted by atomic mass is 9.86. The predicted molar refractivity (Wildman–Crippen MR) is 86.1 cm³/mol. The lowest BCUT2D eigenvalue weighted by molar-refractivity contribution is 0.0689. The Morgan fingerprint density at radius 1 is 1.45 bits per heavy atom. The smallest absolute Gasteiger partial charge is 0.356 e. The van der Waals surface area contributed by atoms with Crippen LogP contribution in [0, 0.1) is 5.92 Å². The van der Waals surface area contributed by atoms with E-state index in [4.69, 9.17) is 9.84 Å². The van der Waals surface area contributed by atoms with Gasteiger partial charge >= 0.3 is 5.97 Å². The molecule has 2 aromatic rings. The number of carboxylic acid groups (broad SMARTS) is 1. The minimum absolute atomic E-state index is 0.0407. The molecule has 1 aromatic heterocycles. The van der Waals surface area contributed by atoms with Gasteiger partial charge in [0.15, 0.2) is 5.69 Å². The van der Waals surface area contributed by atoms with E-state index in [0.717, 1.165) is 28.1 Å². The summed E-state index contributed by atoms with van der Waals surface area (Å²) in [6.07, 6.45) is 3.81. The molecule has 0 atom stereocenters. The summed E-state index contributed by atoms with van der Waals surface area (Å²) in [5, 5.41) is 13.0. The van der Waals surface area contributed by atoms with Gasteiger partial charge < -0.3 is 9.84 Å². The average molecular weight is 365 g/mol. The van der Waals surface area contributed by atoms with Crippen molar-refractivity contribution in [1.29, 1.82) is 0 Å². The van der Waals surface area contributed by atoms with Gasteiger partial charge in [0, 0.05) is 12.6 Å². The molecule has 5 nitrogen and oxygen atoms in total. The van der Waals surface area contributed by atoms with Crippen molar-refractivity contribution < 1.29 is 14.6 Å². The van der Waals surface area contributed by atoms with Crippen LogP contribution in [-0.2, 0) is 7.05 Å². The van der Waals surface area contributed by atoms with Crippen LogP contribution in [-0.4, -0.2) is 27.5 Å². The molecule has 0 unspecified atom stereocenters. The van der Waals surface area contributed by atoms with Crippen LogP contribution in [0.25, 0.3) is 11.3 Å². The number of rotatable bonds is 5. The number of hydrogen-bond donors (Lipinski definition) is 1. The van der Waals surface area contributed by atoms with E-state index < -0.39 is 5.97 Å². The van der Waals surface area contributed by atoms with Crippen molar-refractivity contribution in [3.05, 3.63) is 34.4 Å². The SMILES string of the molecule is Cn1nc(C(=O)O)cc1-c1ccc(OCC2CCC2)c(Br)c1. The molecule has 1 aromatic carbocycles. The van der Waals surface area contributed by atoms with Gasteiger partial charge in [-0.3, -0.25) is 4.68 Å². The largest absolute Gasteiger partial charge is 0.492 e. The lowest BCUT2D eigenvalue weighted by Crippen LogP contribution is -2.19. The van der Waals surface area contributed by atoms with Gasteiger partial charge in [-0.25, -0.2) is 4.79 Å². The molecule has 0 spiro atoms. The molecule has 22 heavy (non-hydrogen) atoms. The Labute approximate surface area is 137 Å². The van der Waals surface area contributed by atoms with Crippen molar-refractivity contribution >= 4 is 21.9 Å². The molecule has 1 N–H and O–H groups in total. The molecule has 1 heterocycles. The zero-order chi connectivity index (χ0) is 15.7. The van der Waals surface area contributed by atoms with Crippen LogP contribution < -0.4 is 4.74 Å². The first-order chi connectivity index (χ1) is 10.5. The molecular weight excluding hydrogens is 348 g/mol. The summed E-state index contributed by atoms with van der Waals surface area (Å²) in [6, 6.07) is 7.33. The third kappa shape index (κ3) is 3.02. The molecule has 0 radical (unpaired) electrons. The first-order valence-electron chi connectivity index (χ1n) is 7.24. The number of hydrogen-bond acceptors (Lipinski definition) is 3. The van der Waals surface area contributed by atoms with E-state index in [-0.39, 0.29) is 5.69 Å². The summed E-state index contributed by atoms with van der Waals surface area (Å²) in [5.41, 5.74) is 1.69. The molecule has 1 fully saturated rings. The molecule has 0 bridgehead atoms. The molecule has 0 amide bonds. The van der Waals surface area contributed by atoms with E-state index in [1.165, 1.54) is 19.3 Å². The van der Waals surface area contributed by atoms with E-state index in [1.54, 1.807) is 17.8 Å². The highest BCUT2D eigenvalue weighted by Crippen LogP contribution is 2.33. The minimum Gasteiger partial charge on any atom is -0.492 e. The van der Waals surface area contributed by atoms with Crippen molar-refractivity contribution in [3.8, 4) is 17.0 Å². The van der Waals surface area contributed by atoms with Gasteiger partial charge in [-0.05, 0) is 59.0 Å². The van der Waals surface area contributed by atoms with E-state index in [0.29, 0.717) is 5.92 Å². The number of carboxylic acids is 1. The first-order valence-corrected chi connectivity index (χ1v) is 8.04. The molecule has 0 aliphatic heterocycles. The van der Waals surface area contributed by atoms with Crippen LogP contribution in [0.2, 0.25) is 0 Å². The quantitative estimate of drug-likeness (QED) is 0.877. The van der Waals surface area contributed by atoms with E-state index in [2.05, 4.69) is 21.0 Å². The molecule has 1 aliphatic rings. The highest BCUT2D eigenvalue weighted by molar-refractivity contribution is 9.10. The number of nitrogens with zero attached hydrogens (tertiary/aromatic N) is 2. The third-order valence-electron chi connectivity index (χ3n) is 4.03. The van der Waals surface area contributed by atoms with Crippen molar-refractivity contribution in [2.75, 3.05) is 6.61 Å². The Balaban J connectivity index is 1.80. The van der Waals surface area contributed by atoms with E-state index in [1.807, 2.05) is 18.2 Å². The highest BCUT2D eigenvalue weighted by atomic mass is 79.9. The van der Waals surface area contributed by atoms with Crippen molar-refractivity contribution in [3.63, 3.8) is 0 Å². The number of halogens is 1. The number of aromatic carboxylic acids is 1. The summed E-state index contributed by atoms with van der Waals surface area (Å²) in [4.78, 5) is 11.0. The molecule has 116 valence electrons. The highest BCUT2D eigenvalue weighted by Gasteiger charge is 2.19. The molecule has 6 heteroatoms. The third-order valence-corrected chi connectivity index (χ3v) is 4.65. The number of ether oxygens (including phenoxy) is 1. The maximum absolute atomic E-state index is 11.0. The van der Waals surface area contributed by atoms with Gasteiger partial charge in [-0.15, -0.1) is 0 Å². The van der Waals surface area contributed by atoms with Crippen molar-refractivity contribution in [2.24, 2.45) is 13.0 Å². The monoisotopic (exact) mass is 364 g/mol. The topological polar surface area (TPSA) is 64.4 Å². The standard InChI is InChI=1S/C16H17BrN2O3/c1-19-14(8-13(18-19)16(20)21)11-5-6-15(12(17)7-11)22-9-10-3-2-4-10/h5-8,10H,2-4,9H2,1H3,(H,20,21). The zero-order valence-corrected chi connectivity index (χ0v) is 13.8. The van der Waals surface area contributed by atoms with Crippen molar-refractivity contribution in [2.45, 2.75) is 19.3 Å².